The van der Waals surface area contributed by atoms with Gasteiger partial charge in [-0.3, -0.25) is 4.72 Å². The number of benzene rings is 2. The number of aromatic nitrogens is 2. The van der Waals surface area contributed by atoms with Gasteiger partial charge in [-0.1, -0.05) is 41.4 Å². The monoisotopic (exact) mass is 397 g/mol. The van der Waals surface area contributed by atoms with Gasteiger partial charge < -0.3 is 0 Å². The number of hydrogen-bond acceptors (Lipinski definition) is 4. The lowest BCUT2D eigenvalue weighted by atomic mass is 10.1. The molecule has 1 heterocycles. The molecule has 0 aliphatic heterocycles. The average molecular weight is 398 g/mol. The average Bonchev–Trinajstić information content (AvgIpc) is 2.57. The molecule has 128 valence electrons. The van der Waals surface area contributed by atoms with Crippen molar-refractivity contribution in [1.29, 1.82) is 0 Å². The Balaban J connectivity index is 1.94. The quantitative estimate of drug-likeness (QED) is 0.708. The van der Waals surface area contributed by atoms with Crippen LogP contribution >= 0.6 is 23.2 Å². The Hall–Kier alpha value is -2.22. The van der Waals surface area contributed by atoms with Crippen LogP contribution < -0.4 is 4.72 Å². The molecule has 0 radical (unpaired) electrons. The van der Waals surface area contributed by atoms with Gasteiger partial charge in [-0.2, -0.15) is 0 Å². The maximum atomic E-state index is 13.7. The van der Waals surface area contributed by atoms with Crippen LogP contribution in [-0.4, -0.2) is 18.4 Å². The second-order valence-corrected chi connectivity index (χ2v) is 7.42. The molecule has 5 nitrogen and oxygen atoms in total. The van der Waals surface area contributed by atoms with Gasteiger partial charge in [0.2, 0.25) is 0 Å². The molecule has 1 N–H and O–H groups in total. The molecule has 0 bridgehead atoms. The van der Waals surface area contributed by atoms with Crippen LogP contribution in [0.5, 0.6) is 0 Å². The number of halogens is 3. The molecule has 0 amide bonds. The minimum absolute atomic E-state index is 0.000625. The second-order valence-electron chi connectivity index (χ2n) is 4.95. The van der Waals surface area contributed by atoms with Crippen LogP contribution in [0.1, 0.15) is 0 Å². The molecular weight excluding hydrogens is 388 g/mol. The summed E-state index contributed by atoms with van der Waals surface area (Å²) >= 11 is 11.9. The van der Waals surface area contributed by atoms with Gasteiger partial charge in [0.25, 0.3) is 10.0 Å². The van der Waals surface area contributed by atoms with Gasteiger partial charge >= 0.3 is 0 Å². The van der Waals surface area contributed by atoms with E-state index in [9.17, 15) is 12.8 Å². The lowest BCUT2D eigenvalue weighted by molar-refractivity contribution is 0.570. The third-order valence-corrected chi connectivity index (χ3v) is 5.37. The van der Waals surface area contributed by atoms with E-state index in [4.69, 9.17) is 23.2 Å². The van der Waals surface area contributed by atoms with Crippen molar-refractivity contribution in [2.75, 3.05) is 4.72 Å². The predicted octanol–water partition coefficient (Wildman–Crippen LogP) is 4.39. The van der Waals surface area contributed by atoms with Crippen molar-refractivity contribution >= 4 is 39.0 Å². The molecule has 3 rings (SSSR count). The number of nitrogens with one attached hydrogen (secondary N) is 1. The third kappa shape index (κ3) is 3.89. The molecule has 0 saturated heterocycles. The van der Waals surface area contributed by atoms with E-state index in [0.29, 0.717) is 21.3 Å². The van der Waals surface area contributed by atoms with E-state index < -0.39 is 20.7 Å². The summed E-state index contributed by atoms with van der Waals surface area (Å²) in [6.07, 6.45) is 1.19. The zero-order valence-corrected chi connectivity index (χ0v) is 14.8. The van der Waals surface area contributed by atoms with Crippen molar-refractivity contribution in [3.8, 4) is 11.3 Å². The summed E-state index contributed by atoms with van der Waals surface area (Å²) in [7, 11) is -4.12. The molecule has 0 spiro atoms. The Labute approximate surface area is 153 Å². The van der Waals surface area contributed by atoms with Crippen LogP contribution in [0.15, 0.2) is 59.8 Å². The first-order chi connectivity index (χ1) is 11.9. The van der Waals surface area contributed by atoms with Crippen molar-refractivity contribution in [3.05, 3.63) is 70.7 Å². The van der Waals surface area contributed by atoms with Crippen molar-refractivity contribution in [2.45, 2.75) is 4.90 Å². The summed E-state index contributed by atoms with van der Waals surface area (Å²) in [5, 5.41) is 0.728. The van der Waals surface area contributed by atoms with Crippen LogP contribution in [0.3, 0.4) is 0 Å². The summed E-state index contributed by atoms with van der Waals surface area (Å²) in [4.78, 5) is 7.47. The molecule has 9 heteroatoms. The number of sulfonamides is 1. The second kappa shape index (κ2) is 6.95. The zero-order chi connectivity index (χ0) is 18.0. The predicted molar refractivity (Wildman–Crippen MR) is 94.7 cm³/mol. The van der Waals surface area contributed by atoms with E-state index in [1.807, 2.05) is 0 Å². The fourth-order valence-corrected chi connectivity index (χ4v) is 3.46. The highest BCUT2D eigenvalue weighted by molar-refractivity contribution is 7.92. The number of hydrogen-bond donors (Lipinski definition) is 1. The van der Waals surface area contributed by atoms with E-state index in [2.05, 4.69) is 14.7 Å². The highest BCUT2D eigenvalue weighted by Gasteiger charge is 2.19. The maximum Gasteiger partial charge on any atom is 0.265 e. The standard InChI is InChI=1S/C16H10Cl2FN3O2S/c17-11-6-5-10(7-12(11)18)14-8-16(21-9-20-14)22-25(23,24)15-4-2-1-3-13(15)19/h1-9H,(H,20,21,22). The SMILES string of the molecule is O=S(=O)(Nc1cc(-c2ccc(Cl)c(Cl)c2)ncn1)c1ccccc1F. The summed E-state index contributed by atoms with van der Waals surface area (Å²) in [6.45, 7) is 0. The van der Waals surface area contributed by atoms with Crippen LogP contribution in [0.2, 0.25) is 10.0 Å². The van der Waals surface area contributed by atoms with Crippen LogP contribution in [0.25, 0.3) is 11.3 Å². The van der Waals surface area contributed by atoms with Crippen molar-refractivity contribution in [1.82, 2.24) is 9.97 Å². The minimum atomic E-state index is -4.12. The molecule has 25 heavy (non-hydrogen) atoms. The molecule has 2 aromatic carbocycles. The van der Waals surface area contributed by atoms with Gasteiger partial charge in [0.05, 0.1) is 15.7 Å². The third-order valence-electron chi connectivity index (χ3n) is 3.25. The Kier molecular flexibility index (Phi) is 4.89. The van der Waals surface area contributed by atoms with E-state index in [1.54, 1.807) is 18.2 Å². The Bertz CT molecular complexity index is 1050. The van der Waals surface area contributed by atoms with Gasteiger partial charge in [-0.05, 0) is 24.3 Å². The maximum absolute atomic E-state index is 13.7. The molecule has 1 aromatic heterocycles. The highest BCUT2D eigenvalue weighted by Crippen LogP contribution is 2.28. The van der Waals surface area contributed by atoms with Gasteiger partial charge in [-0.25, -0.2) is 22.8 Å². The van der Waals surface area contributed by atoms with Gasteiger partial charge in [-0.15, -0.1) is 0 Å². The van der Waals surface area contributed by atoms with E-state index in [1.165, 1.54) is 30.6 Å². The normalized spacial score (nSPS) is 11.3. The summed E-state index contributed by atoms with van der Waals surface area (Å²) in [6, 6.07) is 11.4. The lowest BCUT2D eigenvalue weighted by Gasteiger charge is -2.09. The smallest absolute Gasteiger partial charge is 0.263 e. The van der Waals surface area contributed by atoms with Crippen molar-refractivity contribution < 1.29 is 12.8 Å². The molecule has 0 aliphatic rings. The van der Waals surface area contributed by atoms with E-state index in [0.717, 1.165) is 6.07 Å². The van der Waals surface area contributed by atoms with Gasteiger partial charge in [0, 0.05) is 11.6 Å². The van der Waals surface area contributed by atoms with Crippen molar-refractivity contribution in [2.24, 2.45) is 0 Å². The topological polar surface area (TPSA) is 72.0 Å². The Morgan fingerprint density at radius 3 is 2.44 bits per heavy atom. The molecule has 0 unspecified atom stereocenters. The molecule has 0 aliphatic carbocycles. The van der Waals surface area contributed by atoms with Crippen molar-refractivity contribution in [3.63, 3.8) is 0 Å². The fourth-order valence-electron chi connectivity index (χ4n) is 2.08. The lowest BCUT2D eigenvalue weighted by Crippen LogP contribution is -2.15. The zero-order valence-electron chi connectivity index (χ0n) is 12.4. The van der Waals surface area contributed by atoms with Crippen LogP contribution in [0.4, 0.5) is 10.2 Å². The van der Waals surface area contributed by atoms with E-state index >= 15 is 0 Å². The number of anilines is 1. The van der Waals surface area contributed by atoms with Gasteiger partial charge in [0.1, 0.15) is 22.9 Å². The van der Waals surface area contributed by atoms with Gasteiger partial charge in [0.15, 0.2) is 0 Å². The summed E-state index contributed by atoms with van der Waals surface area (Å²) in [5.41, 5.74) is 1.06. The van der Waals surface area contributed by atoms with E-state index in [-0.39, 0.29) is 5.82 Å². The number of rotatable bonds is 4. The minimum Gasteiger partial charge on any atom is -0.263 e. The molecule has 0 atom stereocenters. The first kappa shape index (κ1) is 17.6. The fraction of sp³-hybridized carbons (Fsp3) is 0. The Morgan fingerprint density at radius 2 is 1.72 bits per heavy atom. The molecule has 0 saturated carbocycles. The highest BCUT2D eigenvalue weighted by atomic mass is 35.5. The van der Waals surface area contributed by atoms with Crippen LogP contribution in [-0.2, 0) is 10.0 Å². The number of nitrogens with zero attached hydrogens (tertiary/aromatic N) is 2. The van der Waals surface area contributed by atoms with Crippen LogP contribution in [0, 0.1) is 5.82 Å². The largest absolute Gasteiger partial charge is 0.265 e. The molecule has 3 aromatic rings. The first-order valence-corrected chi connectivity index (χ1v) is 9.15. The molecule has 0 fully saturated rings. The first-order valence-electron chi connectivity index (χ1n) is 6.91. The molecular formula is C16H10Cl2FN3O2S. The Morgan fingerprint density at radius 1 is 0.960 bits per heavy atom. The summed E-state index contributed by atoms with van der Waals surface area (Å²) < 4.78 is 40.6. The summed E-state index contributed by atoms with van der Waals surface area (Å²) in [5.74, 6) is -0.854.